The summed E-state index contributed by atoms with van der Waals surface area (Å²) in [7, 11) is 0. The van der Waals surface area contributed by atoms with Gasteiger partial charge in [-0.15, -0.1) is 0 Å². The number of hydrogen-bond donors (Lipinski definition) is 0. The number of benzene rings is 9. The second kappa shape index (κ2) is 13.9. The summed E-state index contributed by atoms with van der Waals surface area (Å²) in [5.41, 5.74) is 19.6. The predicted octanol–water partition coefficient (Wildman–Crippen LogP) is 15.3. The zero-order chi connectivity index (χ0) is 41.5. The van der Waals surface area contributed by atoms with Gasteiger partial charge in [0.25, 0.3) is 0 Å². The van der Waals surface area contributed by atoms with Crippen LogP contribution in [0.5, 0.6) is 0 Å². The minimum absolute atomic E-state index is 0.594. The molecule has 0 unspecified atom stereocenters. The number of fused-ring (bicyclic) bond motifs is 13. The van der Waals surface area contributed by atoms with Gasteiger partial charge in [0, 0.05) is 22.0 Å². The number of anilines is 3. The molecule has 2 aliphatic rings. The molecule has 63 heavy (non-hydrogen) atoms. The van der Waals surface area contributed by atoms with Crippen molar-refractivity contribution in [2.45, 2.75) is 5.41 Å². The van der Waals surface area contributed by atoms with E-state index < -0.39 is 5.41 Å². The second-order valence-electron chi connectivity index (χ2n) is 16.6. The van der Waals surface area contributed by atoms with E-state index in [0.717, 1.165) is 45.3 Å². The van der Waals surface area contributed by atoms with Gasteiger partial charge in [-0.1, -0.05) is 188 Å². The molecular formula is C60H39N3. The molecule has 1 spiro atoms. The Bertz CT molecular complexity index is 3450. The summed E-state index contributed by atoms with van der Waals surface area (Å²) in [6.07, 6.45) is 0. The largest absolute Gasteiger partial charge is 0.309 e. The minimum Gasteiger partial charge on any atom is -0.309 e. The average molecular weight is 802 g/mol. The maximum absolute atomic E-state index is 5.51. The van der Waals surface area contributed by atoms with Crippen LogP contribution in [-0.2, 0) is 5.41 Å². The van der Waals surface area contributed by atoms with Gasteiger partial charge < -0.3 is 4.57 Å². The first-order valence-electron chi connectivity index (χ1n) is 21.7. The summed E-state index contributed by atoms with van der Waals surface area (Å²) in [4.78, 5) is 7.91. The fourth-order valence-electron chi connectivity index (χ4n) is 10.8. The monoisotopic (exact) mass is 801 g/mol. The fraction of sp³-hybridized carbons (Fsp3) is 0.0167. The van der Waals surface area contributed by atoms with Gasteiger partial charge in [0.05, 0.1) is 33.5 Å². The Hall–Kier alpha value is -8.27. The first-order chi connectivity index (χ1) is 31.3. The Labute approximate surface area is 366 Å². The molecule has 11 aromatic rings. The van der Waals surface area contributed by atoms with Crippen molar-refractivity contribution in [1.82, 2.24) is 9.55 Å². The molecule has 3 heteroatoms. The fourth-order valence-corrected chi connectivity index (χ4v) is 10.8. The molecule has 3 nitrogen and oxygen atoms in total. The average Bonchev–Trinajstić information content (AvgIpc) is 3.86. The topological polar surface area (TPSA) is 21.1 Å². The highest BCUT2D eigenvalue weighted by molar-refractivity contribution is 6.19. The lowest BCUT2D eigenvalue weighted by Gasteiger charge is -2.44. The first-order valence-corrected chi connectivity index (χ1v) is 21.7. The van der Waals surface area contributed by atoms with E-state index in [-0.39, 0.29) is 0 Å². The molecule has 1 aliphatic heterocycles. The molecule has 0 radical (unpaired) electrons. The molecule has 0 N–H and O–H groups in total. The molecule has 2 aromatic heterocycles. The van der Waals surface area contributed by atoms with E-state index in [0.29, 0.717) is 0 Å². The number of para-hydroxylation sites is 3. The molecule has 9 aromatic carbocycles. The van der Waals surface area contributed by atoms with Crippen molar-refractivity contribution in [1.29, 1.82) is 0 Å². The van der Waals surface area contributed by atoms with Gasteiger partial charge in [-0.25, -0.2) is 4.98 Å². The Morgan fingerprint density at radius 3 is 1.59 bits per heavy atom. The maximum Gasteiger partial charge on any atom is 0.138 e. The van der Waals surface area contributed by atoms with Gasteiger partial charge in [-0.3, -0.25) is 4.90 Å². The molecular weight excluding hydrogens is 763 g/mol. The third-order valence-corrected chi connectivity index (χ3v) is 13.4. The zero-order valence-corrected chi connectivity index (χ0v) is 34.4. The van der Waals surface area contributed by atoms with Crippen molar-refractivity contribution in [3.8, 4) is 50.3 Å². The van der Waals surface area contributed by atoms with Gasteiger partial charge in [-0.2, -0.15) is 0 Å². The van der Waals surface area contributed by atoms with Gasteiger partial charge in [0.15, 0.2) is 0 Å². The first kappa shape index (κ1) is 35.5. The van der Waals surface area contributed by atoms with Gasteiger partial charge in [-0.05, 0) is 104 Å². The Balaban J connectivity index is 1.07. The van der Waals surface area contributed by atoms with E-state index in [1.165, 1.54) is 66.3 Å². The van der Waals surface area contributed by atoms with Crippen LogP contribution in [0.1, 0.15) is 22.3 Å². The van der Waals surface area contributed by atoms with Crippen LogP contribution >= 0.6 is 0 Å². The third kappa shape index (κ3) is 5.17. The van der Waals surface area contributed by atoms with Crippen molar-refractivity contribution in [3.05, 3.63) is 259 Å². The number of hydrogen-bond acceptors (Lipinski definition) is 2. The molecule has 3 heterocycles. The number of pyridine rings is 1. The van der Waals surface area contributed by atoms with E-state index in [1.807, 2.05) is 0 Å². The standard InChI is InChI=1S/C60H39N3/c1-4-18-40(19-5-1)42-32-34-45(35-33-42)62-53-29-15-11-25-47(53)59-56(62)37-36-51-58(59)46-24-10-12-26-48(46)60(51)49-27-13-16-30-54(49)63(55-31-17-14-28-50(55)60)57-39-44(41-20-6-2-7-21-41)38-52(61-57)43-22-8-3-9-23-43/h1-39H. The van der Waals surface area contributed by atoms with Crippen LogP contribution in [0.2, 0.25) is 0 Å². The maximum atomic E-state index is 5.51. The van der Waals surface area contributed by atoms with E-state index >= 15 is 0 Å². The van der Waals surface area contributed by atoms with Gasteiger partial charge >= 0.3 is 0 Å². The van der Waals surface area contributed by atoms with Crippen molar-refractivity contribution >= 4 is 39.0 Å². The third-order valence-electron chi connectivity index (χ3n) is 13.4. The van der Waals surface area contributed by atoms with Crippen LogP contribution < -0.4 is 4.90 Å². The Morgan fingerprint density at radius 2 is 0.905 bits per heavy atom. The summed E-state index contributed by atoms with van der Waals surface area (Å²) >= 11 is 0. The lowest BCUT2D eigenvalue weighted by Crippen LogP contribution is -2.36. The van der Waals surface area contributed by atoms with Gasteiger partial charge in [0.2, 0.25) is 0 Å². The van der Waals surface area contributed by atoms with E-state index in [9.17, 15) is 0 Å². The molecule has 1 aliphatic carbocycles. The van der Waals surface area contributed by atoms with E-state index in [4.69, 9.17) is 4.98 Å². The molecule has 0 bridgehead atoms. The molecule has 0 fully saturated rings. The lowest BCUT2D eigenvalue weighted by molar-refractivity contribution is 0.752. The summed E-state index contributed by atoms with van der Waals surface area (Å²) in [6.45, 7) is 0. The van der Waals surface area contributed by atoms with E-state index in [1.54, 1.807) is 0 Å². The lowest BCUT2D eigenvalue weighted by atomic mass is 9.64. The summed E-state index contributed by atoms with van der Waals surface area (Å²) in [5, 5.41) is 2.53. The molecule has 0 amide bonds. The summed E-state index contributed by atoms with van der Waals surface area (Å²) < 4.78 is 2.45. The highest BCUT2D eigenvalue weighted by atomic mass is 15.2. The van der Waals surface area contributed by atoms with Crippen LogP contribution in [0.3, 0.4) is 0 Å². The predicted molar refractivity (Wildman–Crippen MR) is 260 cm³/mol. The highest BCUT2D eigenvalue weighted by Crippen LogP contribution is 2.64. The summed E-state index contributed by atoms with van der Waals surface area (Å²) in [5.74, 6) is 0.883. The van der Waals surface area contributed by atoms with Crippen molar-refractivity contribution in [3.63, 3.8) is 0 Å². The van der Waals surface area contributed by atoms with Crippen LogP contribution in [-0.4, -0.2) is 9.55 Å². The van der Waals surface area contributed by atoms with Crippen LogP contribution in [0.15, 0.2) is 237 Å². The number of rotatable bonds is 5. The van der Waals surface area contributed by atoms with Crippen LogP contribution in [0, 0.1) is 0 Å². The highest BCUT2D eigenvalue weighted by Gasteiger charge is 2.52. The molecule has 13 rings (SSSR count). The van der Waals surface area contributed by atoms with E-state index in [2.05, 4.69) is 246 Å². The normalized spacial score (nSPS) is 13.2. The van der Waals surface area contributed by atoms with Crippen molar-refractivity contribution in [2.24, 2.45) is 0 Å². The van der Waals surface area contributed by atoms with Crippen molar-refractivity contribution in [2.75, 3.05) is 4.90 Å². The number of nitrogens with zero attached hydrogens (tertiary/aromatic N) is 3. The Kier molecular flexibility index (Phi) is 7.82. The second-order valence-corrected chi connectivity index (χ2v) is 16.6. The zero-order valence-electron chi connectivity index (χ0n) is 34.4. The molecule has 0 saturated carbocycles. The van der Waals surface area contributed by atoms with Crippen molar-refractivity contribution < 1.29 is 0 Å². The van der Waals surface area contributed by atoms with Crippen LogP contribution in [0.25, 0.3) is 72.1 Å². The molecule has 0 saturated heterocycles. The summed E-state index contributed by atoms with van der Waals surface area (Å²) in [6, 6.07) is 86.3. The molecule has 0 atom stereocenters. The van der Waals surface area contributed by atoms with Gasteiger partial charge in [0.1, 0.15) is 5.82 Å². The quantitative estimate of drug-likeness (QED) is 0.173. The SMILES string of the molecule is c1ccc(-c2ccc(-n3c4ccccc4c4c5c(ccc43)C3(c4ccccc4-5)c4ccccc4N(c4cc(-c5ccccc5)cc(-c5ccccc5)n4)c4ccccc43)cc2)cc1. The minimum atomic E-state index is -0.594. The van der Waals surface area contributed by atoms with Crippen LogP contribution in [0.4, 0.5) is 17.2 Å². The smallest absolute Gasteiger partial charge is 0.138 e. The Morgan fingerprint density at radius 1 is 0.365 bits per heavy atom. The molecule has 294 valence electrons. The number of aromatic nitrogens is 2.